The first-order valence-corrected chi connectivity index (χ1v) is 10.4. The van der Waals surface area contributed by atoms with Crippen LogP contribution in [-0.2, 0) is 23.0 Å². The van der Waals surface area contributed by atoms with Crippen LogP contribution in [0.5, 0.6) is 0 Å². The lowest BCUT2D eigenvalue weighted by Crippen LogP contribution is -2.38. The first kappa shape index (κ1) is 25.3. The normalized spacial score (nSPS) is 11.9. The number of hydrogen-bond acceptors (Lipinski definition) is 3. The number of sulfonamides is 1. The fourth-order valence-electron chi connectivity index (χ4n) is 2.75. The number of hydrogen-bond donors (Lipinski definition) is 2. The van der Waals surface area contributed by atoms with E-state index >= 15 is 0 Å². The molecule has 0 spiro atoms. The minimum absolute atomic E-state index is 0. The molecule has 0 heterocycles. The van der Waals surface area contributed by atoms with Gasteiger partial charge in [0.2, 0.25) is 10.0 Å². The first-order valence-electron chi connectivity index (χ1n) is 8.95. The van der Waals surface area contributed by atoms with Crippen LogP contribution in [-0.4, -0.2) is 46.4 Å². The van der Waals surface area contributed by atoms with Crippen LogP contribution in [0, 0.1) is 12.7 Å². The van der Waals surface area contributed by atoms with Gasteiger partial charge in [-0.25, -0.2) is 17.1 Å². The van der Waals surface area contributed by atoms with Gasteiger partial charge < -0.3 is 10.6 Å². The van der Waals surface area contributed by atoms with Crippen LogP contribution in [0.1, 0.15) is 16.7 Å². The minimum Gasteiger partial charge on any atom is -0.356 e. The molecule has 2 rings (SSSR count). The Bertz CT molecular complexity index is 949. The maximum absolute atomic E-state index is 13.2. The predicted molar refractivity (Wildman–Crippen MR) is 126 cm³/mol. The highest BCUT2D eigenvalue weighted by Crippen LogP contribution is 2.18. The van der Waals surface area contributed by atoms with E-state index in [4.69, 9.17) is 0 Å². The molecule has 0 saturated heterocycles. The second-order valence-corrected chi connectivity index (χ2v) is 8.69. The third-order valence-electron chi connectivity index (χ3n) is 4.39. The van der Waals surface area contributed by atoms with Crippen LogP contribution in [0.15, 0.2) is 52.4 Å². The molecule has 6 nitrogen and oxygen atoms in total. The predicted octanol–water partition coefficient (Wildman–Crippen LogP) is 2.91. The smallest absolute Gasteiger partial charge is 0.242 e. The summed E-state index contributed by atoms with van der Waals surface area (Å²) < 4.78 is 39.3. The SMILES string of the molecule is CN=C(NCCc1ccc(F)cc1C)NCc1ccccc1S(=O)(=O)N(C)C.I. The van der Waals surface area contributed by atoms with Crippen LogP contribution in [0.25, 0.3) is 0 Å². The molecule has 160 valence electrons. The molecule has 29 heavy (non-hydrogen) atoms. The van der Waals surface area contributed by atoms with Gasteiger partial charge in [0.15, 0.2) is 5.96 Å². The van der Waals surface area contributed by atoms with Gasteiger partial charge in [-0.1, -0.05) is 24.3 Å². The summed E-state index contributed by atoms with van der Waals surface area (Å²) in [6.45, 7) is 2.82. The zero-order valence-corrected chi connectivity index (χ0v) is 20.2. The van der Waals surface area contributed by atoms with Gasteiger partial charge in [-0.2, -0.15) is 0 Å². The molecule has 0 bridgehead atoms. The molecule has 0 unspecified atom stereocenters. The Hall–Kier alpha value is -1.72. The van der Waals surface area contributed by atoms with E-state index in [1.54, 1.807) is 37.4 Å². The summed E-state index contributed by atoms with van der Waals surface area (Å²) in [5, 5.41) is 6.34. The van der Waals surface area contributed by atoms with Gasteiger partial charge in [0.1, 0.15) is 5.82 Å². The van der Waals surface area contributed by atoms with Gasteiger partial charge in [0.25, 0.3) is 0 Å². The zero-order valence-electron chi connectivity index (χ0n) is 17.1. The summed E-state index contributed by atoms with van der Waals surface area (Å²) >= 11 is 0. The molecule has 0 fully saturated rings. The molecule has 0 radical (unpaired) electrons. The highest BCUT2D eigenvalue weighted by Gasteiger charge is 2.20. The van der Waals surface area contributed by atoms with Crippen molar-refractivity contribution >= 4 is 40.0 Å². The van der Waals surface area contributed by atoms with Gasteiger partial charge in [0, 0.05) is 34.2 Å². The van der Waals surface area contributed by atoms with Crippen molar-refractivity contribution in [3.63, 3.8) is 0 Å². The zero-order chi connectivity index (χ0) is 20.7. The van der Waals surface area contributed by atoms with Crippen molar-refractivity contribution in [3.05, 3.63) is 65.0 Å². The second-order valence-electron chi connectivity index (χ2n) is 6.57. The first-order chi connectivity index (χ1) is 13.3. The van der Waals surface area contributed by atoms with E-state index in [1.165, 1.54) is 30.5 Å². The summed E-state index contributed by atoms with van der Waals surface area (Å²) in [5.41, 5.74) is 2.63. The van der Waals surface area contributed by atoms with Crippen LogP contribution >= 0.6 is 24.0 Å². The molecule has 0 aliphatic rings. The largest absolute Gasteiger partial charge is 0.356 e. The quantitative estimate of drug-likeness (QED) is 0.326. The average molecular weight is 534 g/mol. The molecular formula is C20H28FIN4O2S. The monoisotopic (exact) mass is 534 g/mol. The third-order valence-corrected chi connectivity index (χ3v) is 6.31. The Morgan fingerprint density at radius 3 is 2.41 bits per heavy atom. The molecule has 2 aromatic carbocycles. The number of guanidine groups is 1. The Morgan fingerprint density at radius 2 is 1.79 bits per heavy atom. The van der Waals surface area contributed by atoms with Gasteiger partial charge in [-0.15, -0.1) is 24.0 Å². The third kappa shape index (κ3) is 6.93. The summed E-state index contributed by atoms with van der Waals surface area (Å²) in [4.78, 5) is 4.44. The number of nitrogens with zero attached hydrogens (tertiary/aromatic N) is 2. The van der Waals surface area contributed by atoms with E-state index < -0.39 is 10.0 Å². The standard InChI is InChI=1S/C20H27FN4O2S.HI/c1-15-13-18(21)10-9-16(15)11-12-23-20(22-2)24-14-17-7-5-6-8-19(17)28(26,27)25(3)4;/h5-10,13H,11-12,14H2,1-4H3,(H2,22,23,24);1H. The minimum atomic E-state index is -3.52. The van der Waals surface area contributed by atoms with E-state index in [0.29, 0.717) is 24.6 Å². The van der Waals surface area contributed by atoms with Gasteiger partial charge in [-0.3, -0.25) is 4.99 Å². The summed E-state index contributed by atoms with van der Waals surface area (Å²) in [6, 6.07) is 11.6. The number of benzene rings is 2. The van der Waals surface area contributed by atoms with Crippen molar-refractivity contribution in [2.45, 2.75) is 24.8 Å². The summed E-state index contributed by atoms with van der Waals surface area (Å²) in [5.74, 6) is 0.329. The van der Waals surface area contributed by atoms with E-state index in [-0.39, 0.29) is 34.7 Å². The number of rotatable bonds is 7. The Morgan fingerprint density at radius 1 is 1.10 bits per heavy atom. The fraction of sp³-hybridized carbons (Fsp3) is 0.350. The Kier molecular flexibility index (Phi) is 10.0. The summed E-state index contributed by atoms with van der Waals surface area (Å²) in [7, 11) is 1.16. The fourth-order valence-corrected chi connectivity index (χ4v) is 3.87. The lowest BCUT2D eigenvalue weighted by molar-refractivity contribution is 0.519. The topological polar surface area (TPSA) is 73.8 Å². The average Bonchev–Trinajstić information content (AvgIpc) is 2.66. The maximum atomic E-state index is 13.2. The Labute approximate surface area is 189 Å². The molecule has 0 aliphatic carbocycles. The van der Waals surface area contributed by atoms with Crippen molar-refractivity contribution in [2.24, 2.45) is 4.99 Å². The molecule has 2 N–H and O–H groups in total. The van der Waals surface area contributed by atoms with E-state index in [9.17, 15) is 12.8 Å². The lowest BCUT2D eigenvalue weighted by Gasteiger charge is -2.17. The number of nitrogens with one attached hydrogen (secondary N) is 2. The molecule has 0 aliphatic heterocycles. The number of aryl methyl sites for hydroxylation is 1. The molecule has 0 saturated carbocycles. The van der Waals surface area contributed by atoms with Crippen LogP contribution in [0.4, 0.5) is 4.39 Å². The van der Waals surface area contributed by atoms with E-state index in [1.807, 2.05) is 6.92 Å². The van der Waals surface area contributed by atoms with Crippen molar-refractivity contribution in [1.82, 2.24) is 14.9 Å². The van der Waals surface area contributed by atoms with Crippen LogP contribution < -0.4 is 10.6 Å². The van der Waals surface area contributed by atoms with Gasteiger partial charge in [0.05, 0.1) is 4.90 Å². The maximum Gasteiger partial charge on any atom is 0.242 e. The number of halogens is 2. The van der Waals surface area contributed by atoms with Crippen molar-refractivity contribution < 1.29 is 12.8 Å². The molecule has 0 aromatic heterocycles. The molecule has 0 amide bonds. The molecule has 0 atom stereocenters. The Balaban J connectivity index is 0.00000420. The number of aliphatic imine (C=N–C) groups is 1. The summed E-state index contributed by atoms with van der Waals surface area (Å²) in [6.07, 6.45) is 0.721. The highest BCUT2D eigenvalue weighted by atomic mass is 127. The van der Waals surface area contributed by atoms with Gasteiger partial charge >= 0.3 is 0 Å². The molecular weight excluding hydrogens is 506 g/mol. The highest BCUT2D eigenvalue weighted by molar-refractivity contribution is 14.0. The van der Waals surface area contributed by atoms with Crippen molar-refractivity contribution in [2.75, 3.05) is 27.7 Å². The van der Waals surface area contributed by atoms with Crippen LogP contribution in [0.3, 0.4) is 0 Å². The molecule has 2 aromatic rings. The lowest BCUT2D eigenvalue weighted by atomic mass is 10.1. The van der Waals surface area contributed by atoms with Crippen molar-refractivity contribution in [3.8, 4) is 0 Å². The van der Waals surface area contributed by atoms with Crippen LogP contribution in [0.2, 0.25) is 0 Å². The molecule has 9 heteroatoms. The second kappa shape index (κ2) is 11.5. The van der Waals surface area contributed by atoms with E-state index in [0.717, 1.165) is 17.5 Å². The van der Waals surface area contributed by atoms with Crippen molar-refractivity contribution in [1.29, 1.82) is 0 Å². The van der Waals surface area contributed by atoms with E-state index in [2.05, 4.69) is 15.6 Å². The van der Waals surface area contributed by atoms with Gasteiger partial charge in [-0.05, 0) is 48.2 Å².